The summed E-state index contributed by atoms with van der Waals surface area (Å²) in [5, 5.41) is 10.4. The van der Waals surface area contributed by atoms with Crippen LogP contribution >= 0.6 is 0 Å². The van der Waals surface area contributed by atoms with Crippen molar-refractivity contribution >= 4 is 17.0 Å². The minimum absolute atomic E-state index is 0.216. The summed E-state index contributed by atoms with van der Waals surface area (Å²) in [7, 11) is 3.28. The number of aryl methyl sites for hydroxylation is 2. The summed E-state index contributed by atoms with van der Waals surface area (Å²) in [4.78, 5) is 17.8. The number of aliphatic hydroxyl groups excluding tert-OH is 1. The Morgan fingerprint density at radius 1 is 1.33 bits per heavy atom. The van der Waals surface area contributed by atoms with Gasteiger partial charge in [-0.15, -0.1) is 0 Å². The number of benzene rings is 1. The van der Waals surface area contributed by atoms with Crippen LogP contribution in [0.25, 0.3) is 11.0 Å². The topological polar surface area (TPSA) is 67.6 Å². The van der Waals surface area contributed by atoms with E-state index in [0.29, 0.717) is 19.6 Å². The molecule has 0 fully saturated rings. The molecule has 1 N–H and O–H groups in total. The molecule has 0 aliphatic rings. The van der Waals surface area contributed by atoms with Gasteiger partial charge in [0.2, 0.25) is 0 Å². The summed E-state index contributed by atoms with van der Waals surface area (Å²) in [6.07, 6.45) is 1.22. The Balaban J connectivity index is 1.98. The third kappa shape index (κ3) is 4.33. The van der Waals surface area contributed by atoms with Crippen LogP contribution in [-0.2, 0) is 16.1 Å². The van der Waals surface area contributed by atoms with Gasteiger partial charge >= 0.3 is 5.97 Å². The van der Waals surface area contributed by atoms with Gasteiger partial charge in [0, 0.05) is 13.1 Å². The van der Waals surface area contributed by atoms with E-state index in [1.54, 1.807) is 6.33 Å². The molecule has 2 unspecified atom stereocenters. The van der Waals surface area contributed by atoms with Crippen molar-refractivity contribution in [3.63, 3.8) is 0 Å². The van der Waals surface area contributed by atoms with Gasteiger partial charge in [-0.1, -0.05) is 6.92 Å². The number of carbonyl (C=O) groups excluding carboxylic acids is 1. The van der Waals surface area contributed by atoms with E-state index in [9.17, 15) is 9.90 Å². The van der Waals surface area contributed by atoms with Gasteiger partial charge in [-0.3, -0.25) is 4.79 Å². The average Bonchev–Trinajstić information content (AvgIpc) is 2.88. The average molecular weight is 333 g/mol. The van der Waals surface area contributed by atoms with Crippen LogP contribution in [0.5, 0.6) is 0 Å². The maximum atomic E-state index is 11.5. The maximum absolute atomic E-state index is 11.5. The van der Waals surface area contributed by atoms with E-state index in [0.717, 1.165) is 11.0 Å². The fourth-order valence-electron chi connectivity index (χ4n) is 2.92. The number of aliphatic hydroxyl groups is 1. The maximum Gasteiger partial charge on any atom is 0.309 e. The number of hydrogen-bond donors (Lipinski definition) is 1. The van der Waals surface area contributed by atoms with Gasteiger partial charge in [-0.05, 0) is 44.2 Å². The molecule has 1 aromatic heterocycles. The molecule has 0 radical (unpaired) electrons. The quantitative estimate of drug-likeness (QED) is 0.782. The molecule has 0 saturated carbocycles. The predicted molar refractivity (Wildman–Crippen MR) is 93.9 cm³/mol. The Morgan fingerprint density at radius 2 is 2.00 bits per heavy atom. The van der Waals surface area contributed by atoms with E-state index >= 15 is 0 Å². The van der Waals surface area contributed by atoms with Crippen LogP contribution in [0.2, 0.25) is 0 Å². The lowest BCUT2D eigenvalue weighted by Gasteiger charge is -2.23. The zero-order valence-corrected chi connectivity index (χ0v) is 15.1. The molecule has 0 aliphatic heterocycles. The summed E-state index contributed by atoms with van der Waals surface area (Å²) in [5.41, 5.74) is 4.40. The molecule has 24 heavy (non-hydrogen) atoms. The number of esters is 1. The molecule has 132 valence electrons. The van der Waals surface area contributed by atoms with E-state index in [1.165, 1.54) is 18.2 Å². The number of imidazole rings is 1. The molecule has 2 rings (SSSR count). The van der Waals surface area contributed by atoms with Crippen molar-refractivity contribution in [2.45, 2.75) is 33.4 Å². The Kier molecular flexibility index (Phi) is 5.96. The third-order valence-corrected chi connectivity index (χ3v) is 4.36. The van der Waals surface area contributed by atoms with Gasteiger partial charge in [0.25, 0.3) is 0 Å². The summed E-state index contributed by atoms with van der Waals surface area (Å²) in [5.74, 6) is -0.449. The molecule has 1 heterocycles. The lowest BCUT2D eigenvalue weighted by atomic mass is 10.1. The third-order valence-electron chi connectivity index (χ3n) is 4.36. The highest BCUT2D eigenvalue weighted by Gasteiger charge is 2.18. The Labute approximate surface area is 143 Å². The fraction of sp³-hybridized carbons (Fsp3) is 0.556. The van der Waals surface area contributed by atoms with Gasteiger partial charge in [0.1, 0.15) is 0 Å². The van der Waals surface area contributed by atoms with Crippen molar-refractivity contribution in [2.24, 2.45) is 5.92 Å². The van der Waals surface area contributed by atoms with Crippen molar-refractivity contribution in [1.82, 2.24) is 14.5 Å². The molecule has 0 saturated heterocycles. The van der Waals surface area contributed by atoms with Crippen molar-refractivity contribution in [2.75, 3.05) is 27.2 Å². The molecule has 0 amide bonds. The van der Waals surface area contributed by atoms with Gasteiger partial charge in [-0.2, -0.15) is 0 Å². The second-order valence-electron chi connectivity index (χ2n) is 6.62. The monoisotopic (exact) mass is 333 g/mol. The number of nitrogens with zero attached hydrogens (tertiary/aromatic N) is 3. The van der Waals surface area contributed by atoms with E-state index < -0.39 is 6.10 Å². The normalized spacial score (nSPS) is 14.1. The minimum Gasteiger partial charge on any atom is -0.469 e. The zero-order valence-electron chi connectivity index (χ0n) is 15.1. The first kappa shape index (κ1) is 18.4. The first-order valence-corrected chi connectivity index (χ1v) is 8.18. The van der Waals surface area contributed by atoms with Crippen LogP contribution in [0, 0.1) is 19.8 Å². The Morgan fingerprint density at radius 3 is 2.67 bits per heavy atom. The minimum atomic E-state index is -0.543. The number of ether oxygens (including phenoxy) is 1. The second kappa shape index (κ2) is 7.77. The summed E-state index contributed by atoms with van der Waals surface area (Å²) >= 11 is 0. The van der Waals surface area contributed by atoms with E-state index in [-0.39, 0.29) is 11.9 Å². The molecule has 6 heteroatoms. The zero-order chi connectivity index (χ0) is 17.9. The van der Waals surface area contributed by atoms with Crippen LogP contribution in [-0.4, -0.2) is 58.9 Å². The van der Waals surface area contributed by atoms with Gasteiger partial charge in [-0.25, -0.2) is 4.98 Å². The lowest BCUT2D eigenvalue weighted by Crippen LogP contribution is -2.36. The van der Waals surface area contributed by atoms with E-state index in [1.807, 2.05) is 23.4 Å². The molecule has 1 aromatic carbocycles. The summed E-state index contributed by atoms with van der Waals surface area (Å²) in [6.45, 7) is 7.46. The van der Waals surface area contributed by atoms with Crippen LogP contribution in [0.1, 0.15) is 18.1 Å². The number of carbonyl (C=O) groups is 1. The highest BCUT2D eigenvalue weighted by Crippen LogP contribution is 2.18. The number of fused-ring (bicyclic) bond motifs is 1. The fourth-order valence-corrected chi connectivity index (χ4v) is 2.92. The molecular formula is C18H27N3O3. The molecule has 2 aromatic rings. The number of hydrogen-bond acceptors (Lipinski definition) is 5. The van der Waals surface area contributed by atoms with Crippen molar-refractivity contribution < 1.29 is 14.6 Å². The standard InChI is InChI=1S/C18H27N3O3/c1-12-6-16-17(7-13(12)2)21(11-19-16)10-15(22)9-20(4)8-14(3)18(23)24-5/h6-7,11,14-15,22H,8-10H2,1-5H3. The van der Waals surface area contributed by atoms with E-state index in [2.05, 4.69) is 31.0 Å². The lowest BCUT2D eigenvalue weighted by molar-refractivity contribution is -0.145. The molecule has 0 aliphatic carbocycles. The predicted octanol–water partition coefficient (Wildman–Crippen LogP) is 1.75. The van der Waals surface area contributed by atoms with Crippen LogP contribution in [0.3, 0.4) is 0 Å². The molecule has 0 spiro atoms. The van der Waals surface area contributed by atoms with Gasteiger partial charge in [0.05, 0.1) is 43.0 Å². The van der Waals surface area contributed by atoms with Crippen LogP contribution in [0.4, 0.5) is 0 Å². The SMILES string of the molecule is COC(=O)C(C)CN(C)CC(O)Cn1cnc2cc(C)c(C)cc21. The van der Waals surface area contributed by atoms with E-state index in [4.69, 9.17) is 4.74 Å². The number of likely N-dealkylation sites (N-methyl/N-ethyl adjacent to an activating group) is 1. The smallest absolute Gasteiger partial charge is 0.309 e. The Bertz CT molecular complexity index is 711. The molecular weight excluding hydrogens is 306 g/mol. The van der Waals surface area contributed by atoms with Crippen molar-refractivity contribution in [3.05, 3.63) is 29.6 Å². The molecule has 2 atom stereocenters. The largest absolute Gasteiger partial charge is 0.469 e. The number of rotatable bonds is 7. The van der Waals surface area contributed by atoms with Gasteiger partial charge in [0.15, 0.2) is 0 Å². The summed E-state index contributed by atoms with van der Waals surface area (Å²) < 4.78 is 6.71. The molecule has 6 nitrogen and oxygen atoms in total. The van der Waals surface area contributed by atoms with Gasteiger partial charge < -0.3 is 19.3 Å². The Hall–Kier alpha value is -1.92. The van der Waals surface area contributed by atoms with Crippen molar-refractivity contribution in [1.29, 1.82) is 0 Å². The molecule has 0 bridgehead atoms. The first-order valence-electron chi connectivity index (χ1n) is 8.18. The highest BCUT2D eigenvalue weighted by molar-refractivity contribution is 5.77. The van der Waals surface area contributed by atoms with Crippen LogP contribution in [0.15, 0.2) is 18.5 Å². The second-order valence-corrected chi connectivity index (χ2v) is 6.62. The summed E-state index contributed by atoms with van der Waals surface area (Å²) in [6, 6.07) is 4.17. The number of aromatic nitrogens is 2. The van der Waals surface area contributed by atoms with Crippen molar-refractivity contribution in [3.8, 4) is 0 Å². The highest BCUT2D eigenvalue weighted by atomic mass is 16.5. The first-order chi connectivity index (χ1) is 11.3. The van der Waals surface area contributed by atoms with Crippen LogP contribution < -0.4 is 0 Å². The number of methoxy groups -OCH3 is 1.